The van der Waals surface area contributed by atoms with Gasteiger partial charge in [0.2, 0.25) is 5.91 Å². The number of carbonyl (C=O) groups excluding carboxylic acids is 1. The van der Waals surface area contributed by atoms with Crippen LogP contribution in [0.15, 0.2) is 42.5 Å². The van der Waals surface area contributed by atoms with Crippen molar-refractivity contribution >= 4 is 5.91 Å². The van der Waals surface area contributed by atoms with Crippen LogP contribution in [0.2, 0.25) is 0 Å². The quantitative estimate of drug-likeness (QED) is 0.916. The summed E-state index contributed by atoms with van der Waals surface area (Å²) in [4.78, 5) is 11.5. The molecule has 2 aromatic rings. The van der Waals surface area contributed by atoms with Crippen molar-refractivity contribution in [1.29, 1.82) is 0 Å². The van der Waals surface area contributed by atoms with Crippen molar-refractivity contribution in [2.45, 2.75) is 32.4 Å². The van der Waals surface area contributed by atoms with E-state index in [4.69, 9.17) is 10.5 Å². The van der Waals surface area contributed by atoms with Gasteiger partial charge in [-0.05, 0) is 12.5 Å². The fourth-order valence-electron chi connectivity index (χ4n) is 3.16. The van der Waals surface area contributed by atoms with Gasteiger partial charge >= 0.3 is 0 Å². The summed E-state index contributed by atoms with van der Waals surface area (Å²) in [6.07, 6.45) is 0.774. The van der Waals surface area contributed by atoms with Crippen LogP contribution < -0.4 is 15.8 Å². The van der Waals surface area contributed by atoms with Gasteiger partial charge in [-0.1, -0.05) is 48.0 Å². The molecule has 1 aliphatic heterocycles. The van der Waals surface area contributed by atoms with Crippen LogP contribution in [0.4, 0.5) is 0 Å². The normalized spacial score (nSPS) is 17.8. The van der Waals surface area contributed by atoms with Gasteiger partial charge in [0.05, 0.1) is 18.7 Å². The molecule has 0 radical (unpaired) electrons. The van der Waals surface area contributed by atoms with E-state index in [9.17, 15) is 4.79 Å². The van der Waals surface area contributed by atoms with Crippen LogP contribution in [0.25, 0.3) is 0 Å². The second-order valence-electron chi connectivity index (χ2n) is 6.05. The topological polar surface area (TPSA) is 64.3 Å². The second-order valence-corrected chi connectivity index (χ2v) is 6.05. The molecule has 0 fully saturated rings. The third-order valence-corrected chi connectivity index (χ3v) is 4.19. The van der Waals surface area contributed by atoms with Crippen molar-refractivity contribution in [1.82, 2.24) is 5.32 Å². The average molecular weight is 310 g/mol. The zero-order valence-corrected chi connectivity index (χ0v) is 13.5. The van der Waals surface area contributed by atoms with Crippen LogP contribution in [-0.4, -0.2) is 12.5 Å². The lowest BCUT2D eigenvalue weighted by molar-refractivity contribution is -0.119. The molecule has 0 spiro atoms. The Morgan fingerprint density at radius 1 is 1.30 bits per heavy atom. The van der Waals surface area contributed by atoms with Crippen molar-refractivity contribution < 1.29 is 9.53 Å². The van der Waals surface area contributed by atoms with E-state index in [0.29, 0.717) is 6.61 Å². The monoisotopic (exact) mass is 310 g/mol. The Labute approximate surface area is 136 Å². The molecule has 1 heterocycles. The molecule has 3 rings (SSSR count). The van der Waals surface area contributed by atoms with E-state index in [-0.39, 0.29) is 18.0 Å². The third kappa shape index (κ3) is 3.22. The summed E-state index contributed by atoms with van der Waals surface area (Å²) in [5, 5.41) is 3.01. The van der Waals surface area contributed by atoms with Crippen molar-refractivity contribution in [3.05, 3.63) is 64.7 Å². The molecule has 3 N–H and O–H groups in total. The molecule has 1 amide bonds. The summed E-state index contributed by atoms with van der Waals surface area (Å²) in [5.74, 6) is 0.787. The predicted molar refractivity (Wildman–Crippen MR) is 90.3 cm³/mol. The maximum atomic E-state index is 11.5. The van der Waals surface area contributed by atoms with Gasteiger partial charge in [-0.15, -0.1) is 0 Å². The smallest absolute Gasteiger partial charge is 0.217 e. The Hall–Kier alpha value is -2.33. The molecule has 2 aromatic carbocycles. The molecule has 0 saturated carbocycles. The number of aryl methyl sites for hydroxylation is 1. The molecule has 23 heavy (non-hydrogen) atoms. The fraction of sp³-hybridized carbons (Fsp3) is 0.316. The minimum absolute atomic E-state index is 0.0159. The minimum Gasteiger partial charge on any atom is -0.493 e. The summed E-state index contributed by atoms with van der Waals surface area (Å²) in [5.41, 5.74) is 10.6. The van der Waals surface area contributed by atoms with Crippen LogP contribution >= 0.6 is 0 Å². The molecule has 2 unspecified atom stereocenters. The molecule has 0 aromatic heterocycles. The highest BCUT2D eigenvalue weighted by Gasteiger charge is 2.27. The standard InChI is InChI=1S/C19H22N2O2/c1-12-10-15-17(21-13(2)22)8-9-23-19(15)16(11-12)18(20)14-6-4-3-5-7-14/h3-7,10-11,17-18H,8-9,20H2,1-2H3,(H,21,22). The number of hydrogen-bond acceptors (Lipinski definition) is 3. The highest BCUT2D eigenvalue weighted by atomic mass is 16.5. The SMILES string of the molecule is CC(=O)NC1CCOc2c1cc(C)cc2C(N)c1ccccc1. The lowest BCUT2D eigenvalue weighted by Gasteiger charge is -2.30. The van der Waals surface area contributed by atoms with E-state index in [2.05, 4.69) is 17.4 Å². The molecule has 2 atom stereocenters. The first-order valence-corrected chi connectivity index (χ1v) is 7.91. The van der Waals surface area contributed by atoms with Crippen LogP contribution in [0, 0.1) is 6.92 Å². The Morgan fingerprint density at radius 2 is 2.04 bits per heavy atom. The first-order valence-electron chi connectivity index (χ1n) is 7.91. The third-order valence-electron chi connectivity index (χ3n) is 4.19. The highest BCUT2D eigenvalue weighted by Crippen LogP contribution is 2.39. The summed E-state index contributed by atoms with van der Waals surface area (Å²) in [7, 11) is 0. The fourth-order valence-corrected chi connectivity index (χ4v) is 3.16. The number of carbonyl (C=O) groups is 1. The number of rotatable bonds is 3. The Kier molecular flexibility index (Phi) is 4.35. The number of nitrogens with two attached hydrogens (primary N) is 1. The molecular weight excluding hydrogens is 288 g/mol. The molecule has 0 saturated heterocycles. The van der Waals surface area contributed by atoms with Crippen LogP contribution in [0.5, 0.6) is 5.75 Å². The molecule has 120 valence electrons. The van der Waals surface area contributed by atoms with Gasteiger partial charge in [0.15, 0.2) is 0 Å². The van der Waals surface area contributed by atoms with Gasteiger partial charge in [0.1, 0.15) is 5.75 Å². The largest absolute Gasteiger partial charge is 0.493 e. The number of amides is 1. The van der Waals surface area contributed by atoms with E-state index in [0.717, 1.165) is 34.4 Å². The lowest BCUT2D eigenvalue weighted by atomic mass is 9.90. The van der Waals surface area contributed by atoms with Crippen molar-refractivity contribution in [3.63, 3.8) is 0 Å². The van der Waals surface area contributed by atoms with E-state index in [1.54, 1.807) is 6.92 Å². The highest BCUT2D eigenvalue weighted by molar-refractivity contribution is 5.73. The van der Waals surface area contributed by atoms with E-state index in [1.807, 2.05) is 37.3 Å². The molecule has 0 aliphatic carbocycles. The van der Waals surface area contributed by atoms with Crippen molar-refractivity contribution in [3.8, 4) is 5.75 Å². The zero-order valence-electron chi connectivity index (χ0n) is 13.5. The van der Waals surface area contributed by atoms with Gasteiger partial charge < -0.3 is 15.8 Å². The predicted octanol–water partition coefficient (Wildman–Crippen LogP) is 3.00. The summed E-state index contributed by atoms with van der Waals surface area (Å²) < 4.78 is 5.93. The van der Waals surface area contributed by atoms with Gasteiger partial charge in [-0.25, -0.2) is 0 Å². The van der Waals surface area contributed by atoms with E-state index < -0.39 is 0 Å². The number of benzene rings is 2. The van der Waals surface area contributed by atoms with Crippen molar-refractivity contribution in [2.75, 3.05) is 6.61 Å². The Morgan fingerprint density at radius 3 is 2.74 bits per heavy atom. The van der Waals surface area contributed by atoms with Crippen LogP contribution in [0.1, 0.15) is 47.7 Å². The van der Waals surface area contributed by atoms with Crippen LogP contribution in [-0.2, 0) is 4.79 Å². The average Bonchev–Trinajstić information content (AvgIpc) is 2.54. The summed E-state index contributed by atoms with van der Waals surface area (Å²) >= 11 is 0. The van der Waals surface area contributed by atoms with E-state index in [1.165, 1.54) is 0 Å². The second kappa shape index (κ2) is 6.42. The first kappa shape index (κ1) is 15.6. The number of ether oxygens (including phenoxy) is 1. The van der Waals surface area contributed by atoms with Gasteiger partial charge in [-0.3, -0.25) is 4.79 Å². The molecular formula is C19H22N2O2. The zero-order chi connectivity index (χ0) is 16.4. The maximum Gasteiger partial charge on any atom is 0.217 e. The molecule has 1 aliphatic rings. The minimum atomic E-state index is -0.249. The first-order chi connectivity index (χ1) is 11.1. The molecule has 4 heteroatoms. The number of hydrogen-bond donors (Lipinski definition) is 2. The van der Waals surface area contributed by atoms with E-state index >= 15 is 0 Å². The number of fused-ring (bicyclic) bond motifs is 1. The van der Waals surface area contributed by atoms with Gasteiger partial charge in [0, 0.05) is 24.5 Å². The lowest BCUT2D eigenvalue weighted by Crippen LogP contribution is -2.31. The van der Waals surface area contributed by atoms with Gasteiger partial charge in [0.25, 0.3) is 0 Å². The Balaban J connectivity index is 2.05. The number of nitrogens with one attached hydrogen (secondary N) is 1. The van der Waals surface area contributed by atoms with Crippen LogP contribution in [0.3, 0.4) is 0 Å². The molecule has 4 nitrogen and oxygen atoms in total. The maximum absolute atomic E-state index is 11.5. The van der Waals surface area contributed by atoms with Crippen molar-refractivity contribution in [2.24, 2.45) is 5.73 Å². The molecule has 0 bridgehead atoms. The Bertz CT molecular complexity index is 713. The van der Waals surface area contributed by atoms with Gasteiger partial charge in [-0.2, -0.15) is 0 Å². The summed E-state index contributed by atoms with van der Waals surface area (Å²) in [6, 6.07) is 13.9. The summed E-state index contributed by atoms with van der Waals surface area (Å²) in [6.45, 7) is 4.16.